The van der Waals surface area contributed by atoms with E-state index in [1.807, 2.05) is 6.92 Å². The summed E-state index contributed by atoms with van der Waals surface area (Å²) in [5.41, 5.74) is 5.50. The van der Waals surface area contributed by atoms with Crippen LogP contribution in [0.4, 0.5) is 0 Å². The molecule has 0 spiro atoms. The molecule has 1 aliphatic carbocycles. The normalized spacial score (nSPS) is 16.5. The number of aryl methyl sites for hydroxylation is 1. The summed E-state index contributed by atoms with van der Waals surface area (Å²) in [4.78, 5) is 0. The Balaban J connectivity index is 2.52. The largest absolute Gasteiger partial charge is 0.496 e. The Bertz CT molecular complexity index is 408. The average molecular weight is 234 g/mol. The summed E-state index contributed by atoms with van der Waals surface area (Å²) in [6.07, 6.45) is 5.25. The van der Waals surface area contributed by atoms with Crippen LogP contribution < -0.4 is 4.74 Å². The van der Waals surface area contributed by atoms with Crippen LogP contribution in [0, 0.1) is 6.92 Å². The monoisotopic (exact) mass is 234 g/mol. The fourth-order valence-electron chi connectivity index (χ4n) is 2.89. The van der Waals surface area contributed by atoms with Crippen LogP contribution in [0.15, 0.2) is 6.07 Å². The van der Waals surface area contributed by atoms with Crippen LogP contribution in [0.2, 0.25) is 0 Å². The van der Waals surface area contributed by atoms with E-state index in [0.717, 1.165) is 12.2 Å². The number of methoxy groups -OCH3 is 1. The van der Waals surface area contributed by atoms with Gasteiger partial charge in [0.2, 0.25) is 0 Å². The minimum Gasteiger partial charge on any atom is -0.496 e. The molecule has 1 aliphatic rings. The molecule has 1 aromatic carbocycles. The van der Waals surface area contributed by atoms with E-state index in [4.69, 9.17) is 4.74 Å². The van der Waals surface area contributed by atoms with Gasteiger partial charge in [0, 0.05) is 12.0 Å². The summed E-state index contributed by atoms with van der Waals surface area (Å²) in [5.74, 6) is 0.948. The summed E-state index contributed by atoms with van der Waals surface area (Å²) in [6.45, 7) is 4.01. The lowest BCUT2D eigenvalue weighted by atomic mass is 9.83. The molecule has 2 rings (SSSR count). The summed E-state index contributed by atoms with van der Waals surface area (Å²) in [7, 11) is 1.72. The van der Waals surface area contributed by atoms with Crippen molar-refractivity contribution in [3.05, 3.63) is 28.3 Å². The van der Waals surface area contributed by atoms with E-state index in [1.165, 1.54) is 41.5 Å². The predicted molar refractivity (Wildman–Crippen MR) is 69.8 cm³/mol. The zero-order valence-electron chi connectivity index (χ0n) is 11.0. The topological polar surface area (TPSA) is 29.5 Å². The molecule has 1 N–H and O–H groups in total. The second kappa shape index (κ2) is 5.09. The maximum absolute atomic E-state index is 9.64. The molecule has 1 atom stereocenters. The van der Waals surface area contributed by atoms with Gasteiger partial charge in [0.15, 0.2) is 0 Å². The number of rotatable bonds is 3. The number of benzene rings is 1. The van der Waals surface area contributed by atoms with Crippen molar-refractivity contribution in [3.8, 4) is 5.75 Å². The van der Waals surface area contributed by atoms with Crippen molar-refractivity contribution in [1.82, 2.24) is 0 Å². The highest BCUT2D eigenvalue weighted by molar-refractivity contribution is 5.50. The van der Waals surface area contributed by atoms with Crippen molar-refractivity contribution in [2.75, 3.05) is 7.11 Å². The SMILES string of the molecule is COc1cc(C)c2c(c1CC(C)O)CCCC2. The summed E-state index contributed by atoms with van der Waals surface area (Å²) in [5, 5.41) is 9.64. The van der Waals surface area contributed by atoms with Gasteiger partial charge in [-0.3, -0.25) is 0 Å². The highest BCUT2D eigenvalue weighted by atomic mass is 16.5. The molecule has 0 radical (unpaired) electrons. The fraction of sp³-hybridized carbons (Fsp3) is 0.600. The molecule has 17 heavy (non-hydrogen) atoms. The molecule has 2 nitrogen and oxygen atoms in total. The van der Waals surface area contributed by atoms with Crippen LogP contribution in [0.5, 0.6) is 5.75 Å². The first kappa shape index (κ1) is 12.4. The standard InChI is InChI=1S/C15H22O2/c1-10-8-15(17-3)14(9-11(2)16)13-7-5-4-6-12(10)13/h8,11,16H,4-7,9H2,1-3H3. The second-order valence-corrected chi connectivity index (χ2v) is 5.09. The molecule has 0 saturated heterocycles. The maximum Gasteiger partial charge on any atom is 0.122 e. The number of fused-ring (bicyclic) bond motifs is 1. The van der Waals surface area contributed by atoms with Crippen LogP contribution in [0.3, 0.4) is 0 Å². The lowest BCUT2D eigenvalue weighted by Gasteiger charge is -2.24. The predicted octanol–water partition coefficient (Wildman–Crippen LogP) is 2.81. The molecule has 0 saturated carbocycles. The highest BCUT2D eigenvalue weighted by Gasteiger charge is 2.20. The average Bonchev–Trinajstić information content (AvgIpc) is 2.32. The Morgan fingerprint density at radius 1 is 1.29 bits per heavy atom. The zero-order valence-corrected chi connectivity index (χ0v) is 11.0. The molecule has 2 heteroatoms. The van der Waals surface area contributed by atoms with Crippen LogP contribution >= 0.6 is 0 Å². The van der Waals surface area contributed by atoms with Gasteiger partial charge in [-0.1, -0.05) is 0 Å². The van der Waals surface area contributed by atoms with Crippen molar-refractivity contribution in [3.63, 3.8) is 0 Å². The summed E-state index contributed by atoms with van der Waals surface area (Å²) in [6, 6.07) is 2.13. The van der Waals surface area contributed by atoms with E-state index in [0.29, 0.717) is 6.42 Å². The quantitative estimate of drug-likeness (QED) is 0.871. The molecule has 0 aromatic heterocycles. The number of hydrogen-bond acceptors (Lipinski definition) is 2. The van der Waals surface area contributed by atoms with E-state index in [1.54, 1.807) is 7.11 Å². The van der Waals surface area contributed by atoms with Gasteiger partial charge in [0.05, 0.1) is 13.2 Å². The number of aliphatic hydroxyl groups excluding tert-OH is 1. The second-order valence-electron chi connectivity index (χ2n) is 5.09. The van der Waals surface area contributed by atoms with Crippen molar-refractivity contribution in [2.45, 2.75) is 52.1 Å². The molecular weight excluding hydrogens is 212 g/mol. The number of aliphatic hydroxyl groups is 1. The zero-order chi connectivity index (χ0) is 12.4. The molecule has 0 bridgehead atoms. The van der Waals surface area contributed by atoms with Gasteiger partial charge in [-0.2, -0.15) is 0 Å². The molecule has 94 valence electrons. The van der Waals surface area contributed by atoms with Crippen molar-refractivity contribution in [1.29, 1.82) is 0 Å². The van der Waals surface area contributed by atoms with Crippen molar-refractivity contribution < 1.29 is 9.84 Å². The molecule has 1 aromatic rings. The third-order valence-electron chi connectivity index (χ3n) is 3.67. The molecule has 0 amide bonds. The minimum atomic E-state index is -0.308. The summed E-state index contributed by atoms with van der Waals surface area (Å²) < 4.78 is 5.48. The third-order valence-corrected chi connectivity index (χ3v) is 3.67. The molecule has 0 fully saturated rings. The van der Waals surface area contributed by atoms with Crippen LogP contribution in [-0.2, 0) is 19.3 Å². The Morgan fingerprint density at radius 3 is 2.53 bits per heavy atom. The Morgan fingerprint density at radius 2 is 1.94 bits per heavy atom. The van der Waals surface area contributed by atoms with Gasteiger partial charge in [-0.05, 0) is 62.3 Å². The lowest BCUT2D eigenvalue weighted by Crippen LogP contribution is -2.14. The first-order chi connectivity index (χ1) is 8.13. The highest BCUT2D eigenvalue weighted by Crippen LogP contribution is 2.34. The number of ether oxygens (including phenoxy) is 1. The van der Waals surface area contributed by atoms with E-state index in [-0.39, 0.29) is 6.10 Å². The Labute approximate surface area is 104 Å². The maximum atomic E-state index is 9.64. The Hall–Kier alpha value is -1.02. The van der Waals surface area contributed by atoms with E-state index < -0.39 is 0 Å². The molecule has 1 unspecified atom stereocenters. The first-order valence-corrected chi connectivity index (χ1v) is 6.49. The van der Waals surface area contributed by atoms with Gasteiger partial charge in [0.1, 0.15) is 5.75 Å². The van der Waals surface area contributed by atoms with E-state index >= 15 is 0 Å². The number of hydrogen-bond donors (Lipinski definition) is 1. The molecular formula is C15H22O2. The lowest BCUT2D eigenvalue weighted by molar-refractivity contribution is 0.193. The van der Waals surface area contributed by atoms with Crippen LogP contribution in [0.1, 0.15) is 42.0 Å². The fourth-order valence-corrected chi connectivity index (χ4v) is 2.89. The first-order valence-electron chi connectivity index (χ1n) is 6.49. The third kappa shape index (κ3) is 2.47. The van der Waals surface area contributed by atoms with Crippen molar-refractivity contribution in [2.24, 2.45) is 0 Å². The van der Waals surface area contributed by atoms with E-state index in [9.17, 15) is 5.11 Å². The van der Waals surface area contributed by atoms with Gasteiger partial charge in [-0.25, -0.2) is 0 Å². The van der Waals surface area contributed by atoms with Gasteiger partial charge < -0.3 is 9.84 Å². The van der Waals surface area contributed by atoms with Gasteiger partial charge >= 0.3 is 0 Å². The van der Waals surface area contributed by atoms with E-state index in [2.05, 4.69) is 13.0 Å². The van der Waals surface area contributed by atoms with Crippen molar-refractivity contribution >= 4 is 0 Å². The van der Waals surface area contributed by atoms with Crippen LogP contribution in [0.25, 0.3) is 0 Å². The smallest absolute Gasteiger partial charge is 0.122 e. The van der Waals surface area contributed by atoms with Gasteiger partial charge in [0.25, 0.3) is 0 Å². The summed E-state index contributed by atoms with van der Waals surface area (Å²) >= 11 is 0. The van der Waals surface area contributed by atoms with Crippen LogP contribution in [-0.4, -0.2) is 18.3 Å². The van der Waals surface area contributed by atoms with Gasteiger partial charge in [-0.15, -0.1) is 0 Å². The molecule has 0 heterocycles. The minimum absolute atomic E-state index is 0.308. The Kier molecular flexibility index (Phi) is 3.72. The molecule has 0 aliphatic heterocycles.